The van der Waals surface area contributed by atoms with Crippen LogP contribution in [0.5, 0.6) is 5.75 Å². The molecule has 1 unspecified atom stereocenters. The Hall–Kier alpha value is -4.58. The van der Waals surface area contributed by atoms with Crippen LogP contribution < -0.4 is 19.9 Å². The first-order chi connectivity index (χ1) is 21.5. The SMILES string of the molecule is CCN(CC)C(=O)Nc1ccc(S(=O)(=O)N2C(=O)C(C(=O)NOc3ccccc3)(c3ccccc3Cl)c3cc(Cl)ccc32)cc1. The van der Waals surface area contributed by atoms with Gasteiger partial charge >= 0.3 is 6.03 Å². The highest BCUT2D eigenvalue weighted by Gasteiger charge is 2.62. The standard InChI is InChI=1S/C32H28Cl2N4O6S/c1-3-37(4-2)31(41)35-22-15-17-24(18-16-22)45(42,43)38-28-19-14-21(33)20-26(28)32(30(38)40,25-12-8-9-13-27(25)34)29(39)36-44-23-10-6-5-7-11-23/h5-20H,3-4H2,1-2H3,(H,35,41)(H,36,39). The molecule has 232 valence electrons. The lowest BCUT2D eigenvalue weighted by Gasteiger charge is -2.28. The lowest BCUT2D eigenvalue weighted by Crippen LogP contribution is -2.54. The maximum Gasteiger partial charge on any atom is 0.321 e. The molecule has 0 saturated carbocycles. The number of nitrogens with one attached hydrogen (secondary N) is 2. The monoisotopic (exact) mass is 666 g/mol. The van der Waals surface area contributed by atoms with Crippen molar-refractivity contribution in [2.75, 3.05) is 22.7 Å². The van der Waals surface area contributed by atoms with Gasteiger partial charge in [-0.1, -0.05) is 59.6 Å². The molecule has 0 saturated heterocycles. The van der Waals surface area contributed by atoms with Gasteiger partial charge in [0.05, 0.1) is 10.6 Å². The molecule has 2 N–H and O–H groups in total. The summed E-state index contributed by atoms with van der Waals surface area (Å²) in [7, 11) is -4.62. The first kappa shape index (κ1) is 31.8. The van der Waals surface area contributed by atoms with Gasteiger partial charge in [0.15, 0.2) is 11.2 Å². The lowest BCUT2D eigenvalue weighted by atomic mass is 9.74. The number of amides is 4. The Morgan fingerprint density at radius 1 is 0.867 bits per heavy atom. The minimum atomic E-state index is -4.62. The van der Waals surface area contributed by atoms with Gasteiger partial charge in [0.25, 0.3) is 21.8 Å². The van der Waals surface area contributed by atoms with E-state index in [-0.39, 0.29) is 43.5 Å². The number of hydrogen-bond donors (Lipinski definition) is 2. The molecule has 1 heterocycles. The molecule has 0 bridgehead atoms. The highest BCUT2D eigenvalue weighted by atomic mass is 35.5. The van der Waals surface area contributed by atoms with Crippen molar-refractivity contribution in [2.24, 2.45) is 0 Å². The largest absolute Gasteiger partial charge is 0.379 e. The summed E-state index contributed by atoms with van der Waals surface area (Å²) >= 11 is 13.0. The quantitative estimate of drug-likeness (QED) is 0.167. The second-order valence-electron chi connectivity index (χ2n) is 9.94. The van der Waals surface area contributed by atoms with Crippen LogP contribution >= 0.6 is 23.2 Å². The van der Waals surface area contributed by atoms with Crippen molar-refractivity contribution in [2.45, 2.75) is 24.2 Å². The fourth-order valence-corrected chi connectivity index (χ4v) is 7.08. The van der Waals surface area contributed by atoms with E-state index in [4.69, 9.17) is 28.0 Å². The number of fused-ring (bicyclic) bond motifs is 1. The van der Waals surface area contributed by atoms with Gasteiger partial charge in [-0.25, -0.2) is 17.5 Å². The Morgan fingerprint density at radius 3 is 2.16 bits per heavy atom. The molecule has 10 nitrogen and oxygen atoms in total. The third-order valence-corrected chi connectivity index (χ3v) is 9.68. The average molecular weight is 668 g/mol. The minimum absolute atomic E-state index is 0.00561. The third kappa shape index (κ3) is 5.70. The number of urea groups is 1. The van der Waals surface area contributed by atoms with E-state index < -0.39 is 27.3 Å². The second kappa shape index (κ2) is 12.8. The highest BCUT2D eigenvalue weighted by molar-refractivity contribution is 7.93. The molecule has 0 aliphatic carbocycles. The molecule has 1 aliphatic rings. The molecule has 45 heavy (non-hydrogen) atoms. The van der Waals surface area contributed by atoms with Gasteiger partial charge in [-0.05, 0) is 74.5 Å². The van der Waals surface area contributed by atoms with E-state index in [0.29, 0.717) is 23.1 Å². The van der Waals surface area contributed by atoms with E-state index in [0.717, 1.165) is 0 Å². The Labute approximate surface area is 270 Å². The maximum atomic E-state index is 14.6. The normalized spacial score (nSPS) is 15.7. The molecule has 0 fully saturated rings. The highest BCUT2D eigenvalue weighted by Crippen LogP contribution is 2.51. The number of sulfonamides is 1. The summed E-state index contributed by atoms with van der Waals surface area (Å²) in [4.78, 5) is 48.2. The van der Waals surface area contributed by atoms with E-state index in [1.807, 2.05) is 13.8 Å². The van der Waals surface area contributed by atoms with Gasteiger partial charge in [0, 0.05) is 39.9 Å². The summed E-state index contributed by atoms with van der Waals surface area (Å²) in [6.07, 6.45) is 0. The van der Waals surface area contributed by atoms with E-state index in [9.17, 15) is 22.8 Å². The van der Waals surface area contributed by atoms with Crippen LogP contribution in [0.4, 0.5) is 16.2 Å². The molecule has 13 heteroatoms. The number of anilines is 2. The topological polar surface area (TPSA) is 125 Å². The van der Waals surface area contributed by atoms with E-state index in [2.05, 4.69) is 10.8 Å². The van der Waals surface area contributed by atoms with E-state index >= 15 is 0 Å². The third-order valence-electron chi connectivity index (χ3n) is 7.40. The molecule has 0 radical (unpaired) electrons. The number of rotatable bonds is 9. The molecular weight excluding hydrogens is 639 g/mol. The van der Waals surface area contributed by atoms with Crippen LogP contribution in [-0.4, -0.2) is 44.3 Å². The summed E-state index contributed by atoms with van der Waals surface area (Å²) in [5.74, 6) is -1.82. The van der Waals surface area contributed by atoms with Crippen LogP contribution in [-0.2, 0) is 25.0 Å². The number of halogens is 2. The van der Waals surface area contributed by atoms with Crippen LogP contribution in [0.1, 0.15) is 25.0 Å². The van der Waals surface area contributed by atoms with Crippen molar-refractivity contribution < 1.29 is 27.6 Å². The van der Waals surface area contributed by atoms with Gasteiger partial charge < -0.3 is 15.1 Å². The van der Waals surface area contributed by atoms with Crippen LogP contribution in [0, 0.1) is 0 Å². The number of hydrogen-bond acceptors (Lipinski definition) is 6. The summed E-state index contributed by atoms with van der Waals surface area (Å²) in [5.41, 5.74) is 0.313. The van der Waals surface area contributed by atoms with Crippen LogP contribution in [0.3, 0.4) is 0 Å². The van der Waals surface area contributed by atoms with Crippen molar-refractivity contribution in [1.29, 1.82) is 0 Å². The van der Waals surface area contributed by atoms with Crippen LogP contribution in [0.15, 0.2) is 102 Å². The zero-order valence-electron chi connectivity index (χ0n) is 24.2. The van der Waals surface area contributed by atoms with Gasteiger partial charge in [-0.2, -0.15) is 5.48 Å². The zero-order chi connectivity index (χ0) is 32.4. The first-order valence-corrected chi connectivity index (χ1v) is 16.1. The Bertz CT molecular complexity index is 1870. The Balaban J connectivity index is 1.61. The first-order valence-electron chi connectivity index (χ1n) is 13.9. The summed E-state index contributed by atoms with van der Waals surface area (Å²) in [6, 6.07) is 23.6. The number of carbonyl (C=O) groups is 3. The predicted octanol–water partition coefficient (Wildman–Crippen LogP) is 6.00. The van der Waals surface area contributed by atoms with Crippen molar-refractivity contribution in [3.63, 3.8) is 0 Å². The van der Waals surface area contributed by atoms with Crippen molar-refractivity contribution in [1.82, 2.24) is 10.4 Å². The molecule has 5 rings (SSSR count). The smallest absolute Gasteiger partial charge is 0.321 e. The molecule has 1 atom stereocenters. The summed E-state index contributed by atoms with van der Waals surface area (Å²) in [5, 5.41) is 2.92. The number of carbonyl (C=O) groups excluding carboxylic acids is 3. The van der Waals surface area contributed by atoms with E-state index in [1.165, 1.54) is 54.6 Å². The van der Waals surface area contributed by atoms with Gasteiger partial charge in [-0.15, -0.1) is 0 Å². The lowest BCUT2D eigenvalue weighted by molar-refractivity contribution is -0.137. The molecule has 1 aliphatic heterocycles. The predicted molar refractivity (Wildman–Crippen MR) is 172 cm³/mol. The minimum Gasteiger partial charge on any atom is -0.379 e. The summed E-state index contributed by atoms with van der Waals surface area (Å²) in [6.45, 7) is 4.67. The summed E-state index contributed by atoms with van der Waals surface area (Å²) < 4.78 is 29.0. The van der Waals surface area contributed by atoms with Crippen molar-refractivity contribution >= 4 is 62.4 Å². The fraction of sp³-hybridized carbons (Fsp3) is 0.156. The second-order valence-corrected chi connectivity index (χ2v) is 12.6. The molecular formula is C32H28Cl2N4O6S. The van der Waals surface area contributed by atoms with Gasteiger partial charge in [0.2, 0.25) is 0 Å². The van der Waals surface area contributed by atoms with Crippen LogP contribution in [0.2, 0.25) is 10.0 Å². The fourth-order valence-electron chi connectivity index (χ4n) is 5.17. The maximum absolute atomic E-state index is 14.6. The molecule has 4 aromatic carbocycles. The van der Waals surface area contributed by atoms with E-state index in [1.54, 1.807) is 47.4 Å². The van der Waals surface area contributed by atoms with Crippen molar-refractivity contribution in [3.8, 4) is 5.75 Å². The van der Waals surface area contributed by atoms with Crippen LogP contribution in [0.25, 0.3) is 0 Å². The van der Waals surface area contributed by atoms with Gasteiger partial charge in [0.1, 0.15) is 0 Å². The molecule has 0 aromatic heterocycles. The molecule has 4 aromatic rings. The number of hydroxylamine groups is 1. The molecule has 0 spiro atoms. The Kier molecular flexibility index (Phi) is 9.06. The average Bonchev–Trinajstić information content (AvgIpc) is 3.29. The number of nitrogens with zero attached hydrogens (tertiary/aromatic N) is 2. The number of benzene rings is 4. The Morgan fingerprint density at radius 2 is 1.51 bits per heavy atom. The molecule has 4 amide bonds. The zero-order valence-corrected chi connectivity index (χ0v) is 26.5. The van der Waals surface area contributed by atoms with Gasteiger partial charge in [-0.3, -0.25) is 9.59 Å². The van der Waals surface area contributed by atoms with Crippen molar-refractivity contribution in [3.05, 3.63) is 118 Å². The number of para-hydroxylation sites is 1.